The molecule has 0 aliphatic heterocycles. The van der Waals surface area contributed by atoms with Crippen LogP contribution in [0, 0.1) is 0 Å². The van der Waals surface area contributed by atoms with Gasteiger partial charge in [0, 0.05) is 19.5 Å². The van der Waals surface area contributed by atoms with Gasteiger partial charge in [0.25, 0.3) is 0 Å². The van der Waals surface area contributed by atoms with Crippen LogP contribution in [0.4, 0.5) is 0 Å². The quantitative estimate of drug-likeness (QED) is 0.747. The lowest BCUT2D eigenvalue weighted by Crippen LogP contribution is -2.37. The molecular weight excluding hydrogens is 318 g/mol. The van der Waals surface area contributed by atoms with E-state index in [1.165, 1.54) is 5.69 Å². The minimum Gasteiger partial charge on any atom is -0.377 e. The molecule has 0 amide bonds. The van der Waals surface area contributed by atoms with E-state index in [0.29, 0.717) is 6.04 Å². The number of rotatable bonds is 9. The molecule has 0 radical (unpaired) electrons. The molecule has 0 aromatic carbocycles. The van der Waals surface area contributed by atoms with Crippen LogP contribution >= 0.6 is 15.9 Å². The fourth-order valence-electron chi connectivity index (χ4n) is 2.12. The second-order valence-electron chi connectivity index (χ2n) is 5.42. The van der Waals surface area contributed by atoms with Crippen LogP contribution in [0.2, 0.25) is 0 Å². The maximum absolute atomic E-state index is 5.78. The van der Waals surface area contributed by atoms with E-state index in [1.807, 2.05) is 11.7 Å². The van der Waals surface area contributed by atoms with Gasteiger partial charge in [0.1, 0.15) is 0 Å². The van der Waals surface area contributed by atoms with Crippen molar-refractivity contribution in [1.29, 1.82) is 0 Å². The smallest absolute Gasteiger partial charge is 0.0766 e. The van der Waals surface area contributed by atoms with Gasteiger partial charge in [0.05, 0.1) is 28.6 Å². The first-order valence-electron chi connectivity index (χ1n) is 7.54. The summed E-state index contributed by atoms with van der Waals surface area (Å²) in [6, 6.07) is 0.328. The largest absolute Gasteiger partial charge is 0.377 e. The molecule has 0 bridgehead atoms. The number of hydrogen-bond donors (Lipinski definition) is 1. The molecule has 0 aliphatic rings. The van der Waals surface area contributed by atoms with Crippen LogP contribution in [-0.2, 0) is 24.6 Å². The zero-order valence-corrected chi connectivity index (χ0v) is 15.0. The normalized spacial score (nSPS) is 13.2. The van der Waals surface area contributed by atoms with Gasteiger partial charge >= 0.3 is 0 Å². The molecule has 0 saturated heterocycles. The van der Waals surface area contributed by atoms with Crippen LogP contribution in [0.5, 0.6) is 0 Å². The van der Waals surface area contributed by atoms with Crippen LogP contribution in [-0.4, -0.2) is 35.1 Å². The van der Waals surface area contributed by atoms with Gasteiger partial charge < -0.3 is 10.1 Å². The highest BCUT2D eigenvalue weighted by atomic mass is 79.9. The summed E-state index contributed by atoms with van der Waals surface area (Å²) in [7, 11) is 2.01. The standard InChI is InChI=1S/C15H28BrN3O/c1-6-8-17-12(10-20-11(3)4)9-14-15(16)13(7-2)18-19(14)5/h11-12,17H,6-10H2,1-5H3. The molecule has 20 heavy (non-hydrogen) atoms. The highest BCUT2D eigenvalue weighted by Crippen LogP contribution is 2.22. The zero-order valence-electron chi connectivity index (χ0n) is 13.4. The van der Waals surface area contributed by atoms with E-state index < -0.39 is 0 Å². The fourth-order valence-corrected chi connectivity index (χ4v) is 2.90. The molecule has 116 valence electrons. The Kier molecular flexibility index (Phi) is 7.77. The highest BCUT2D eigenvalue weighted by molar-refractivity contribution is 9.10. The Labute approximate surface area is 131 Å². The summed E-state index contributed by atoms with van der Waals surface area (Å²) in [6.07, 6.45) is 3.27. The minimum atomic E-state index is 0.266. The van der Waals surface area contributed by atoms with Gasteiger partial charge in [0.2, 0.25) is 0 Å². The average molecular weight is 346 g/mol. The van der Waals surface area contributed by atoms with Gasteiger partial charge in [-0.25, -0.2) is 0 Å². The third kappa shape index (κ3) is 5.19. The maximum Gasteiger partial charge on any atom is 0.0766 e. The van der Waals surface area contributed by atoms with Crippen molar-refractivity contribution >= 4 is 15.9 Å². The molecule has 1 atom stereocenters. The Morgan fingerprint density at radius 3 is 2.55 bits per heavy atom. The number of halogens is 1. The lowest BCUT2D eigenvalue weighted by atomic mass is 10.1. The summed E-state index contributed by atoms with van der Waals surface area (Å²) in [5.41, 5.74) is 2.37. The van der Waals surface area contributed by atoms with Gasteiger partial charge in [0.15, 0.2) is 0 Å². The first-order chi connectivity index (χ1) is 9.49. The van der Waals surface area contributed by atoms with Gasteiger partial charge in [-0.05, 0) is 49.2 Å². The molecule has 0 spiro atoms. The van der Waals surface area contributed by atoms with Crippen LogP contribution < -0.4 is 5.32 Å². The summed E-state index contributed by atoms with van der Waals surface area (Å²) in [6.45, 7) is 10.2. The molecule has 1 N–H and O–H groups in total. The Hall–Kier alpha value is -0.390. The third-order valence-corrected chi connectivity index (χ3v) is 4.17. The minimum absolute atomic E-state index is 0.266. The molecule has 0 fully saturated rings. The van der Waals surface area contributed by atoms with Crippen molar-refractivity contribution in [3.8, 4) is 0 Å². The molecule has 1 heterocycles. The number of ether oxygens (including phenoxy) is 1. The zero-order chi connectivity index (χ0) is 15.1. The molecule has 4 nitrogen and oxygen atoms in total. The lowest BCUT2D eigenvalue weighted by molar-refractivity contribution is 0.0609. The molecule has 1 aromatic rings. The summed E-state index contributed by atoms with van der Waals surface area (Å²) in [5, 5.41) is 8.13. The predicted molar refractivity (Wildman–Crippen MR) is 87.2 cm³/mol. The SMILES string of the molecule is CCCNC(COC(C)C)Cc1c(Br)c(CC)nn1C. The highest BCUT2D eigenvalue weighted by Gasteiger charge is 2.18. The van der Waals surface area contributed by atoms with Crippen molar-refractivity contribution in [2.45, 2.75) is 59.1 Å². The predicted octanol–water partition coefficient (Wildman–Crippen LogP) is 3.08. The van der Waals surface area contributed by atoms with Crippen LogP contribution in [0.15, 0.2) is 4.47 Å². The Bertz CT molecular complexity index is 404. The average Bonchev–Trinajstić information content (AvgIpc) is 2.68. The molecule has 1 aromatic heterocycles. The van der Waals surface area contributed by atoms with Crippen molar-refractivity contribution in [3.63, 3.8) is 0 Å². The third-order valence-electron chi connectivity index (χ3n) is 3.26. The second-order valence-corrected chi connectivity index (χ2v) is 6.21. The molecule has 5 heteroatoms. The van der Waals surface area contributed by atoms with E-state index in [2.05, 4.69) is 54.0 Å². The van der Waals surface area contributed by atoms with Gasteiger partial charge in [-0.15, -0.1) is 0 Å². The van der Waals surface area contributed by atoms with Crippen LogP contribution in [0.3, 0.4) is 0 Å². The van der Waals surface area contributed by atoms with Crippen LogP contribution in [0.25, 0.3) is 0 Å². The fraction of sp³-hybridized carbons (Fsp3) is 0.800. The van der Waals surface area contributed by atoms with E-state index >= 15 is 0 Å². The summed E-state index contributed by atoms with van der Waals surface area (Å²) < 4.78 is 8.91. The van der Waals surface area contributed by atoms with E-state index in [0.717, 1.165) is 42.6 Å². The van der Waals surface area contributed by atoms with Crippen LogP contribution in [0.1, 0.15) is 45.5 Å². The van der Waals surface area contributed by atoms with Gasteiger partial charge in [-0.3, -0.25) is 4.68 Å². The molecule has 1 unspecified atom stereocenters. The van der Waals surface area contributed by atoms with Crippen molar-refractivity contribution in [3.05, 3.63) is 15.9 Å². The molecule has 1 rings (SSSR count). The van der Waals surface area contributed by atoms with Crippen molar-refractivity contribution in [2.75, 3.05) is 13.2 Å². The van der Waals surface area contributed by atoms with Crippen molar-refractivity contribution < 1.29 is 4.74 Å². The van der Waals surface area contributed by atoms with E-state index in [-0.39, 0.29) is 6.10 Å². The topological polar surface area (TPSA) is 39.1 Å². The van der Waals surface area contributed by atoms with Gasteiger partial charge in [-0.2, -0.15) is 5.10 Å². The number of nitrogens with zero attached hydrogens (tertiary/aromatic N) is 2. The Morgan fingerprint density at radius 1 is 1.35 bits per heavy atom. The first-order valence-corrected chi connectivity index (χ1v) is 8.34. The summed E-state index contributed by atoms with van der Waals surface area (Å²) >= 11 is 3.69. The first kappa shape index (κ1) is 17.7. The van der Waals surface area contributed by atoms with Crippen molar-refractivity contribution in [2.24, 2.45) is 7.05 Å². The number of nitrogens with one attached hydrogen (secondary N) is 1. The molecule has 0 aliphatic carbocycles. The number of hydrogen-bond acceptors (Lipinski definition) is 3. The van der Waals surface area contributed by atoms with Crippen molar-refractivity contribution in [1.82, 2.24) is 15.1 Å². The van der Waals surface area contributed by atoms with E-state index in [9.17, 15) is 0 Å². The van der Waals surface area contributed by atoms with E-state index in [1.54, 1.807) is 0 Å². The Balaban J connectivity index is 2.74. The van der Waals surface area contributed by atoms with Gasteiger partial charge in [-0.1, -0.05) is 13.8 Å². The van der Waals surface area contributed by atoms with E-state index in [4.69, 9.17) is 4.74 Å². The molecular formula is C15H28BrN3O. The second kappa shape index (κ2) is 8.80. The maximum atomic E-state index is 5.78. The number of aromatic nitrogens is 2. The lowest BCUT2D eigenvalue weighted by Gasteiger charge is -2.20. The Morgan fingerprint density at radius 2 is 2.05 bits per heavy atom. The number of aryl methyl sites for hydroxylation is 2. The summed E-state index contributed by atoms with van der Waals surface area (Å²) in [4.78, 5) is 0. The monoisotopic (exact) mass is 345 g/mol. The molecule has 0 saturated carbocycles. The summed E-state index contributed by atoms with van der Waals surface area (Å²) in [5.74, 6) is 0.